The number of non-ortho nitro benzene ring substituents is 1. The summed E-state index contributed by atoms with van der Waals surface area (Å²) in [6.07, 6.45) is 0. The number of carbonyl (C=O) groups excluding carboxylic acids is 2. The number of amides is 2. The fourth-order valence-electron chi connectivity index (χ4n) is 4.17. The number of rotatable bonds is 6. The van der Waals surface area contributed by atoms with Crippen LogP contribution in [0.2, 0.25) is 0 Å². The lowest BCUT2D eigenvalue weighted by atomic mass is 9.97. The van der Waals surface area contributed by atoms with Gasteiger partial charge in [0.05, 0.1) is 29.9 Å². The number of nitrogens with one attached hydrogen (secondary N) is 2. The Kier molecular flexibility index (Phi) is 7.15. The zero-order valence-corrected chi connectivity index (χ0v) is 18.8. The van der Waals surface area contributed by atoms with Gasteiger partial charge in [-0.25, -0.2) is 0 Å². The Morgan fingerprint density at radius 3 is 2.56 bits per heavy atom. The van der Waals surface area contributed by atoms with Gasteiger partial charge < -0.3 is 15.4 Å². The molecule has 0 aliphatic carbocycles. The molecule has 0 saturated carbocycles. The van der Waals surface area contributed by atoms with Gasteiger partial charge in [-0.2, -0.15) is 0 Å². The Morgan fingerprint density at radius 1 is 1.06 bits per heavy atom. The molecular formula is C25H26N4O5. The van der Waals surface area contributed by atoms with Crippen LogP contribution in [0.3, 0.4) is 0 Å². The third-order valence-corrected chi connectivity index (χ3v) is 6.01. The highest BCUT2D eigenvalue weighted by molar-refractivity contribution is 6.39. The van der Waals surface area contributed by atoms with Gasteiger partial charge in [-0.15, -0.1) is 0 Å². The van der Waals surface area contributed by atoms with Crippen LogP contribution in [0.15, 0.2) is 60.7 Å². The van der Waals surface area contributed by atoms with Crippen molar-refractivity contribution in [3.8, 4) is 0 Å². The largest absolute Gasteiger partial charge is 0.379 e. The summed E-state index contributed by atoms with van der Waals surface area (Å²) < 4.78 is 5.50. The van der Waals surface area contributed by atoms with Gasteiger partial charge in [-0.05, 0) is 28.8 Å². The molecule has 176 valence electrons. The maximum atomic E-state index is 12.7. The summed E-state index contributed by atoms with van der Waals surface area (Å²) >= 11 is 0. The SMILES string of the molecule is Cc1ccc([N+](=O)[O-])cc1NC(=O)C(=O)NC[C@@H](c1cccc2ccccc12)N1CCOCC1. The standard InChI is InChI=1S/C25H26N4O5/c1-17-9-10-19(29(32)33)15-22(17)27-25(31)24(30)26-16-23(28-11-13-34-14-12-28)21-8-4-6-18-5-2-3-7-20(18)21/h2-10,15,23H,11-14,16H2,1H3,(H,26,30)(H,27,31)/t23-/m0/s1. The van der Waals surface area contributed by atoms with Crippen LogP contribution in [0.5, 0.6) is 0 Å². The van der Waals surface area contributed by atoms with Crippen molar-refractivity contribution in [2.45, 2.75) is 13.0 Å². The predicted octanol–water partition coefficient (Wildman–Crippen LogP) is 3.18. The van der Waals surface area contributed by atoms with Crippen LogP contribution in [0.1, 0.15) is 17.2 Å². The van der Waals surface area contributed by atoms with Crippen LogP contribution < -0.4 is 10.6 Å². The number of fused-ring (bicyclic) bond motifs is 1. The van der Waals surface area contributed by atoms with Crippen molar-refractivity contribution in [1.29, 1.82) is 0 Å². The first-order chi connectivity index (χ1) is 16.4. The number of benzene rings is 3. The van der Waals surface area contributed by atoms with Gasteiger partial charge in [-0.1, -0.05) is 48.5 Å². The molecular weight excluding hydrogens is 436 g/mol. The number of morpholine rings is 1. The fourth-order valence-corrected chi connectivity index (χ4v) is 4.17. The summed E-state index contributed by atoms with van der Waals surface area (Å²) in [5.74, 6) is -1.67. The monoisotopic (exact) mass is 462 g/mol. The van der Waals surface area contributed by atoms with E-state index in [9.17, 15) is 19.7 Å². The lowest BCUT2D eigenvalue weighted by molar-refractivity contribution is -0.384. The molecule has 0 aromatic heterocycles. The van der Waals surface area contributed by atoms with Crippen LogP contribution in [-0.4, -0.2) is 54.5 Å². The lowest BCUT2D eigenvalue weighted by Crippen LogP contribution is -2.45. The maximum absolute atomic E-state index is 12.7. The number of anilines is 1. The minimum Gasteiger partial charge on any atom is -0.379 e. The molecule has 9 nitrogen and oxygen atoms in total. The van der Waals surface area contributed by atoms with E-state index in [4.69, 9.17) is 4.74 Å². The molecule has 9 heteroatoms. The second-order valence-corrected chi connectivity index (χ2v) is 8.15. The molecule has 1 atom stereocenters. The lowest BCUT2D eigenvalue weighted by Gasteiger charge is -2.35. The summed E-state index contributed by atoms with van der Waals surface area (Å²) in [7, 11) is 0. The summed E-state index contributed by atoms with van der Waals surface area (Å²) in [5.41, 5.74) is 1.75. The van der Waals surface area contributed by atoms with Crippen LogP contribution in [0.4, 0.5) is 11.4 Å². The van der Waals surface area contributed by atoms with Crippen LogP contribution >= 0.6 is 0 Å². The van der Waals surface area contributed by atoms with Crippen LogP contribution in [0, 0.1) is 17.0 Å². The van der Waals surface area contributed by atoms with Gasteiger partial charge in [0.25, 0.3) is 5.69 Å². The summed E-state index contributed by atoms with van der Waals surface area (Å²) in [6, 6.07) is 18.1. The molecule has 0 unspecified atom stereocenters. The van der Waals surface area contributed by atoms with Crippen molar-refractivity contribution >= 4 is 34.0 Å². The Balaban J connectivity index is 1.51. The van der Waals surface area contributed by atoms with Crippen molar-refractivity contribution in [3.63, 3.8) is 0 Å². The number of carbonyl (C=O) groups is 2. The van der Waals surface area contributed by atoms with E-state index < -0.39 is 16.7 Å². The minimum absolute atomic E-state index is 0.147. The molecule has 1 heterocycles. The first-order valence-corrected chi connectivity index (χ1v) is 11.1. The molecule has 3 aromatic carbocycles. The topological polar surface area (TPSA) is 114 Å². The quantitative estimate of drug-likeness (QED) is 0.330. The van der Waals surface area contributed by atoms with Crippen molar-refractivity contribution in [2.24, 2.45) is 0 Å². The zero-order valence-electron chi connectivity index (χ0n) is 18.8. The second-order valence-electron chi connectivity index (χ2n) is 8.15. The van der Waals surface area contributed by atoms with E-state index in [0.29, 0.717) is 31.9 Å². The minimum atomic E-state index is -0.873. The molecule has 1 aliphatic rings. The smallest absolute Gasteiger partial charge is 0.313 e. The van der Waals surface area contributed by atoms with E-state index in [0.717, 1.165) is 16.3 Å². The number of hydrogen-bond donors (Lipinski definition) is 2. The van der Waals surface area contributed by atoms with E-state index in [1.807, 2.05) is 36.4 Å². The van der Waals surface area contributed by atoms with Gasteiger partial charge in [-0.3, -0.25) is 24.6 Å². The molecule has 1 saturated heterocycles. The summed E-state index contributed by atoms with van der Waals surface area (Å²) in [4.78, 5) is 38.0. The Hall–Kier alpha value is -3.82. The maximum Gasteiger partial charge on any atom is 0.313 e. The van der Waals surface area contributed by atoms with E-state index >= 15 is 0 Å². The van der Waals surface area contributed by atoms with Crippen molar-refractivity contribution < 1.29 is 19.2 Å². The Labute approximate surface area is 196 Å². The van der Waals surface area contributed by atoms with Gasteiger partial charge in [0.1, 0.15) is 0 Å². The number of hydrogen-bond acceptors (Lipinski definition) is 6. The van der Waals surface area contributed by atoms with Crippen molar-refractivity contribution in [3.05, 3.63) is 81.9 Å². The number of nitro benzene ring substituents is 1. The predicted molar refractivity (Wildman–Crippen MR) is 129 cm³/mol. The number of ether oxygens (including phenoxy) is 1. The molecule has 0 bridgehead atoms. The Bertz CT molecular complexity index is 1220. The fraction of sp³-hybridized carbons (Fsp3) is 0.280. The van der Waals surface area contributed by atoms with Crippen LogP contribution in [0.25, 0.3) is 10.8 Å². The summed E-state index contributed by atoms with van der Waals surface area (Å²) in [5, 5.41) is 18.5. The average Bonchev–Trinajstić information content (AvgIpc) is 2.86. The number of aryl methyl sites for hydroxylation is 1. The van der Waals surface area contributed by atoms with E-state index in [2.05, 4.69) is 21.6 Å². The normalized spacial score (nSPS) is 15.0. The van der Waals surface area contributed by atoms with E-state index in [-0.39, 0.29) is 24.0 Å². The molecule has 4 rings (SSSR count). The van der Waals surface area contributed by atoms with Gasteiger partial charge in [0, 0.05) is 31.8 Å². The number of nitro groups is 1. The van der Waals surface area contributed by atoms with Crippen molar-refractivity contribution in [1.82, 2.24) is 10.2 Å². The number of nitrogens with zero attached hydrogens (tertiary/aromatic N) is 2. The van der Waals surface area contributed by atoms with Gasteiger partial charge in [0.15, 0.2) is 0 Å². The zero-order chi connectivity index (χ0) is 24.1. The molecule has 34 heavy (non-hydrogen) atoms. The average molecular weight is 463 g/mol. The van der Waals surface area contributed by atoms with E-state index in [1.54, 1.807) is 6.92 Å². The first kappa shape index (κ1) is 23.3. The highest BCUT2D eigenvalue weighted by atomic mass is 16.6. The molecule has 0 spiro atoms. The second kappa shape index (κ2) is 10.4. The highest BCUT2D eigenvalue weighted by Crippen LogP contribution is 2.29. The van der Waals surface area contributed by atoms with Gasteiger partial charge in [0.2, 0.25) is 0 Å². The molecule has 0 radical (unpaired) electrons. The van der Waals surface area contributed by atoms with E-state index in [1.165, 1.54) is 18.2 Å². The molecule has 1 aliphatic heterocycles. The molecule has 3 aromatic rings. The summed E-state index contributed by atoms with van der Waals surface area (Å²) in [6.45, 7) is 4.55. The molecule has 2 amide bonds. The first-order valence-electron chi connectivity index (χ1n) is 11.1. The third kappa shape index (κ3) is 5.22. The van der Waals surface area contributed by atoms with Crippen molar-refractivity contribution in [2.75, 3.05) is 38.2 Å². The highest BCUT2D eigenvalue weighted by Gasteiger charge is 2.26. The third-order valence-electron chi connectivity index (χ3n) is 6.01. The van der Waals surface area contributed by atoms with Crippen LogP contribution in [-0.2, 0) is 14.3 Å². The molecule has 1 fully saturated rings. The molecule has 2 N–H and O–H groups in total. The van der Waals surface area contributed by atoms with Gasteiger partial charge >= 0.3 is 11.8 Å². The Morgan fingerprint density at radius 2 is 1.79 bits per heavy atom.